The molecular formula is C16H21N3. The molecule has 0 bridgehead atoms. The van der Waals surface area contributed by atoms with Crippen LogP contribution in [0.2, 0.25) is 0 Å². The monoisotopic (exact) mass is 255 g/mol. The Morgan fingerprint density at radius 2 is 1.95 bits per heavy atom. The Morgan fingerprint density at radius 3 is 2.68 bits per heavy atom. The van der Waals surface area contributed by atoms with E-state index in [0.29, 0.717) is 0 Å². The number of hydrogen-bond donors (Lipinski definition) is 1. The van der Waals surface area contributed by atoms with Crippen molar-refractivity contribution >= 4 is 0 Å². The van der Waals surface area contributed by atoms with Gasteiger partial charge in [0.25, 0.3) is 0 Å². The lowest BCUT2D eigenvalue weighted by Gasteiger charge is -2.06. The Kier molecular flexibility index (Phi) is 4.63. The molecule has 0 aliphatic carbocycles. The normalized spacial score (nSPS) is 10.7. The molecule has 1 heterocycles. The Bertz CT molecular complexity index is 549. The minimum Gasteiger partial charge on any atom is -0.320 e. The molecule has 3 nitrogen and oxygen atoms in total. The predicted molar refractivity (Wildman–Crippen MR) is 79.2 cm³/mol. The molecular weight excluding hydrogens is 234 g/mol. The zero-order valence-corrected chi connectivity index (χ0v) is 11.9. The van der Waals surface area contributed by atoms with Gasteiger partial charge in [0.05, 0.1) is 5.69 Å². The number of hydrogen-bond acceptors (Lipinski definition) is 3. The van der Waals surface area contributed by atoms with Crippen molar-refractivity contribution in [2.45, 2.75) is 26.7 Å². The molecule has 0 atom stereocenters. The Labute approximate surface area is 115 Å². The largest absolute Gasteiger partial charge is 0.320 e. The van der Waals surface area contributed by atoms with Gasteiger partial charge < -0.3 is 5.32 Å². The topological polar surface area (TPSA) is 37.8 Å². The minimum absolute atomic E-state index is 0.916. The predicted octanol–water partition coefficient (Wildman–Crippen LogP) is 2.91. The summed E-state index contributed by atoms with van der Waals surface area (Å²) in [7, 11) is 1.96. The summed E-state index contributed by atoms with van der Waals surface area (Å²) in [5.74, 6) is 0.922. The molecule has 0 saturated carbocycles. The molecule has 0 radical (unpaired) electrons. The molecule has 0 saturated heterocycles. The molecule has 0 fully saturated rings. The Hall–Kier alpha value is -1.74. The first-order valence-electron chi connectivity index (χ1n) is 6.75. The number of benzene rings is 1. The maximum absolute atomic E-state index is 4.65. The molecule has 0 aliphatic rings. The summed E-state index contributed by atoms with van der Waals surface area (Å²) < 4.78 is 0. The van der Waals surface area contributed by atoms with Gasteiger partial charge in [-0.15, -0.1) is 0 Å². The van der Waals surface area contributed by atoms with Gasteiger partial charge in [0, 0.05) is 18.2 Å². The SMILES string of the molecule is CNCCCc1nccc(-c2ccc(C)c(C)c2)n1. The van der Waals surface area contributed by atoms with Crippen LogP contribution in [0.5, 0.6) is 0 Å². The van der Waals surface area contributed by atoms with E-state index in [9.17, 15) is 0 Å². The molecule has 19 heavy (non-hydrogen) atoms. The molecule has 100 valence electrons. The molecule has 0 aliphatic heterocycles. The molecule has 0 spiro atoms. The van der Waals surface area contributed by atoms with Crippen molar-refractivity contribution in [3.05, 3.63) is 47.4 Å². The fourth-order valence-electron chi connectivity index (χ4n) is 2.00. The van der Waals surface area contributed by atoms with E-state index in [4.69, 9.17) is 0 Å². The number of nitrogens with one attached hydrogen (secondary N) is 1. The second-order valence-electron chi connectivity index (χ2n) is 4.86. The van der Waals surface area contributed by atoms with Crippen LogP contribution in [-0.4, -0.2) is 23.6 Å². The first kappa shape index (κ1) is 13.7. The average molecular weight is 255 g/mol. The lowest BCUT2D eigenvalue weighted by atomic mass is 10.0. The van der Waals surface area contributed by atoms with Crippen molar-refractivity contribution in [2.75, 3.05) is 13.6 Å². The van der Waals surface area contributed by atoms with Crippen LogP contribution in [0.3, 0.4) is 0 Å². The Balaban J connectivity index is 2.19. The van der Waals surface area contributed by atoms with Crippen molar-refractivity contribution < 1.29 is 0 Å². The summed E-state index contributed by atoms with van der Waals surface area (Å²) in [5.41, 5.74) is 4.79. The van der Waals surface area contributed by atoms with E-state index in [1.165, 1.54) is 16.7 Å². The Morgan fingerprint density at radius 1 is 1.11 bits per heavy atom. The molecule has 1 aromatic carbocycles. The zero-order chi connectivity index (χ0) is 13.7. The van der Waals surface area contributed by atoms with Crippen LogP contribution in [0.15, 0.2) is 30.5 Å². The highest BCUT2D eigenvalue weighted by Crippen LogP contribution is 2.20. The quantitative estimate of drug-likeness (QED) is 0.835. The molecule has 2 rings (SSSR count). The zero-order valence-electron chi connectivity index (χ0n) is 11.9. The van der Waals surface area contributed by atoms with Crippen molar-refractivity contribution in [2.24, 2.45) is 0 Å². The summed E-state index contributed by atoms with van der Waals surface area (Å²) in [5, 5.41) is 3.14. The minimum atomic E-state index is 0.916. The van der Waals surface area contributed by atoms with Gasteiger partial charge in [-0.2, -0.15) is 0 Å². The van der Waals surface area contributed by atoms with Crippen LogP contribution < -0.4 is 5.32 Å². The third-order valence-electron chi connectivity index (χ3n) is 3.34. The fourth-order valence-corrected chi connectivity index (χ4v) is 2.00. The van der Waals surface area contributed by atoms with Gasteiger partial charge in [0.15, 0.2) is 0 Å². The molecule has 1 aromatic heterocycles. The lowest BCUT2D eigenvalue weighted by molar-refractivity contribution is 0.703. The maximum atomic E-state index is 4.65. The molecule has 1 N–H and O–H groups in total. The summed E-state index contributed by atoms with van der Waals surface area (Å²) in [6, 6.07) is 8.44. The van der Waals surface area contributed by atoms with Gasteiger partial charge >= 0.3 is 0 Å². The lowest BCUT2D eigenvalue weighted by Crippen LogP contribution is -2.09. The van der Waals surface area contributed by atoms with Crippen LogP contribution >= 0.6 is 0 Å². The van der Waals surface area contributed by atoms with Crippen molar-refractivity contribution in [1.82, 2.24) is 15.3 Å². The molecule has 3 heteroatoms. The van der Waals surface area contributed by atoms with Crippen LogP contribution in [0.4, 0.5) is 0 Å². The number of aryl methyl sites for hydroxylation is 3. The standard InChI is InChI=1S/C16H21N3/c1-12-6-7-14(11-13(12)2)15-8-10-18-16(19-15)5-4-9-17-3/h6-8,10-11,17H,4-5,9H2,1-3H3. The number of aromatic nitrogens is 2. The van der Waals surface area contributed by atoms with E-state index in [1.807, 2.05) is 19.3 Å². The highest BCUT2D eigenvalue weighted by atomic mass is 14.9. The molecule has 2 aromatic rings. The summed E-state index contributed by atoms with van der Waals surface area (Å²) in [6.45, 7) is 5.26. The molecule has 0 unspecified atom stereocenters. The maximum Gasteiger partial charge on any atom is 0.128 e. The third-order valence-corrected chi connectivity index (χ3v) is 3.34. The van der Waals surface area contributed by atoms with Crippen molar-refractivity contribution in [3.63, 3.8) is 0 Å². The van der Waals surface area contributed by atoms with E-state index >= 15 is 0 Å². The van der Waals surface area contributed by atoms with Crippen molar-refractivity contribution in [3.8, 4) is 11.3 Å². The number of nitrogens with zero attached hydrogens (tertiary/aromatic N) is 2. The van der Waals surface area contributed by atoms with Gasteiger partial charge in [0.2, 0.25) is 0 Å². The van der Waals surface area contributed by atoms with E-state index in [0.717, 1.165) is 30.9 Å². The van der Waals surface area contributed by atoms with E-state index in [1.54, 1.807) is 0 Å². The van der Waals surface area contributed by atoms with E-state index in [-0.39, 0.29) is 0 Å². The second-order valence-corrected chi connectivity index (χ2v) is 4.86. The highest BCUT2D eigenvalue weighted by Gasteiger charge is 2.03. The van der Waals surface area contributed by atoms with Crippen molar-refractivity contribution in [1.29, 1.82) is 0 Å². The van der Waals surface area contributed by atoms with Crippen LogP contribution in [0, 0.1) is 13.8 Å². The van der Waals surface area contributed by atoms with Crippen LogP contribution in [0.1, 0.15) is 23.4 Å². The van der Waals surface area contributed by atoms with Gasteiger partial charge in [-0.05, 0) is 57.1 Å². The van der Waals surface area contributed by atoms with Gasteiger partial charge in [-0.1, -0.05) is 12.1 Å². The number of rotatable bonds is 5. The summed E-state index contributed by atoms with van der Waals surface area (Å²) >= 11 is 0. The average Bonchev–Trinajstić information content (AvgIpc) is 2.43. The van der Waals surface area contributed by atoms with Crippen LogP contribution in [-0.2, 0) is 6.42 Å². The molecule has 0 amide bonds. The van der Waals surface area contributed by atoms with Gasteiger partial charge in [0.1, 0.15) is 5.82 Å². The van der Waals surface area contributed by atoms with E-state index < -0.39 is 0 Å². The van der Waals surface area contributed by atoms with Crippen LogP contribution in [0.25, 0.3) is 11.3 Å². The van der Waals surface area contributed by atoms with Gasteiger partial charge in [-0.25, -0.2) is 9.97 Å². The third kappa shape index (κ3) is 3.61. The summed E-state index contributed by atoms with van der Waals surface area (Å²) in [4.78, 5) is 8.98. The fraction of sp³-hybridized carbons (Fsp3) is 0.375. The first-order chi connectivity index (χ1) is 9.20. The van der Waals surface area contributed by atoms with Gasteiger partial charge in [-0.3, -0.25) is 0 Å². The summed E-state index contributed by atoms with van der Waals surface area (Å²) in [6.07, 6.45) is 3.83. The smallest absolute Gasteiger partial charge is 0.128 e. The van der Waals surface area contributed by atoms with E-state index in [2.05, 4.69) is 47.3 Å². The highest BCUT2D eigenvalue weighted by molar-refractivity contribution is 5.60. The second kappa shape index (κ2) is 6.43. The first-order valence-corrected chi connectivity index (χ1v) is 6.75.